The lowest BCUT2D eigenvalue weighted by Gasteiger charge is -2.15. The normalized spacial score (nSPS) is 11.9. The number of ether oxygens (including phenoxy) is 1. The second-order valence-electron chi connectivity index (χ2n) is 6.65. The number of carbonyl (C=O) groups excluding carboxylic acids is 1. The molecule has 1 atom stereocenters. The van der Waals surface area contributed by atoms with Gasteiger partial charge in [-0.25, -0.2) is 0 Å². The maximum atomic E-state index is 12.6. The van der Waals surface area contributed by atoms with Crippen LogP contribution in [-0.4, -0.2) is 29.3 Å². The zero-order chi connectivity index (χ0) is 19.8. The van der Waals surface area contributed by atoms with Crippen LogP contribution in [0.1, 0.15) is 22.7 Å². The fourth-order valence-electron chi connectivity index (χ4n) is 3.02. The number of benzene rings is 2. The van der Waals surface area contributed by atoms with Gasteiger partial charge in [0.1, 0.15) is 6.04 Å². The summed E-state index contributed by atoms with van der Waals surface area (Å²) in [5.74, 6) is -0.127. The first kappa shape index (κ1) is 19.8. The Morgan fingerprint density at radius 2 is 1.93 bits per heavy atom. The molecule has 1 heterocycles. The average molecular weight is 378 g/mol. The van der Waals surface area contributed by atoms with Gasteiger partial charge in [0, 0.05) is 24.5 Å². The van der Waals surface area contributed by atoms with Crippen molar-refractivity contribution in [3.8, 4) is 0 Å². The van der Waals surface area contributed by atoms with Gasteiger partial charge in [-0.1, -0.05) is 42.5 Å². The van der Waals surface area contributed by atoms with E-state index in [1.807, 2.05) is 55.7 Å². The van der Waals surface area contributed by atoms with Crippen molar-refractivity contribution in [1.82, 2.24) is 15.1 Å². The molecule has 1 aromatic heterocycles. The Kier molecular flexibility index (Phi) is 6.94. The molecule has 0 spiro atoms. The van der Waals surface area contributed by atoms with Crippen molar-refractivity contribution in [1.29, 1.82) is 0 Å². The summed E-state index contributed by atoms with van der Waals surface area (Å²) >= 11 is 0. The minimum absolute atomic E-state index is 0.127. The molecule has 6 heteroatoms. The topological polar surface area (TPSA) is 68.2 Å². The zero-order valence-electron chi connectivity index (χ0n) is 16.3. The van der Waals surface area contributed by atoms with Gasteiger partial charge in [-0.2, -0.15) is 5.10 Å². The Hall–Kier alpha value is -2.96. The van der Waals surface area contributed by atoms with E-state index in [1.165, 1.54) is 5.56 Å². The predicted octanol–water partition coefficient (Wildman–Crippen LogP) is 3.08. The highest BCUT2D eigenvalue weighted by molar-refractivity contribution is 5.95. The third-order valence-corrected chi connectivity index (χ3v) is 4.45. The summed E-state index contributed by atoms with van der Waals surface area (Å²) in [6.45, 7) is 1.16. The van der Waals surface area contributed by atoms with E-state index in [0.717, 1.165) is 23.2 Å². The van der Waals surface area contributed by atoms with Gasteiger partial charge in [0.15, 0.2) is 0 Å². The quantitative estimate of drug-likeness (QED) is 0.562. The number of hydrogen-bond acceptors (Lipinski definition) is 4. The Morgan fingerprint density at radius 1 is 1.14 bits per heavy atom. The molecule has 0 aliphatic rings. The number of anilines is 1. The minimum atomic E-state index is -0.459. The van der Waals surface area contributed by atoms with Crippen LogP contribution in [-0.2, 0) is 29.6 Å². The first-order valence-corrected chi connectivity index (χ1v) is 9.33. The lowest BCUT2D eigenvalue weighted by molar-refractivity contribution is -0.118. The monoisotopic (exact) mass is 378 g/mol. The molecule has 1 amide bonds. The number of nitrogens with zero attached hydrogens (tertiary/aromatic N) is 2. The zero-order valence-corrected chi connectivity index (χ0v) is 16.3. The van der Waals surface area contributed by atoms with Crippen molar-refractivity contribution >= 4 is 11.6 Å². The Balaban J connectivity index is 1.53. The molecule has 0 fully saturated rings. The van der Waals surface area contributed by atoms with Gasteiger partial charge in [-0.15, -0.1) is 0 Å². The van der Waals surface area contributed by atoms with Gasteiger partial charge in [0.2, 0.25) is 5.91 Å². The fourth-order valence-corrected chi connectivity index (χ4v) is 3.02. The maximum absolute atomic E-state index is 12.6. The van der Waals surface area contributed by atoms with Gasteiger partial charge in [0.05, 0.1) is 19.4 Å². The van der Waals surface area contributed by atoms with Crippen LogP contribution in [0.3, 0.4) is 0 Å². The molecule has 0 bridgehead atoms. The van der Waals surface area contributed by atoms with Crippen molar-refractivity contribution < 1.29 is 9.53 Å². The summed E-state index contributed by atoms with van der Waals surface area (Å²) in [7, 11) is 3.59. The number of rotatable bonds is 9. The molecule has 0 aliphatic carbocycles. The van der Waals surface area contributed by atoms with E-state index >= 15 is 0 Å². The van der Waals surface area contributed by atoms with E-state index < -0.39 is 6.04 Å². The summed E-state index contributed by atoms with van der Waals surface area (Å²) in [5, 5.41) is 10.1. The summed E-state index contributed by atoms with van der Waals surface area (Å²) in [6.07, 6.45) is 4.40. The molecule has 3 aromatic rings. The van der Waals surface area contributed by atoms with Crippen molar-refractivity contribution in [3.05, 3.63) is 83.7 Å². The lowest BCUT2D eigenvalue weighted by atomic mass is 10.1. The molecule has 2 N–H and O–H groups in total. The molecule has 0 aliphatic heterocycles. The molecule has 1 unspecified atom stereocenters. The molecule has 0 radical (unpaired) electrons. The van der Waals surface area contributed by atoms with E-state index in [9.17, 15) is 4.79 Å². The molecule has 28 heavy (non-hydrogen) atoms. The summed E-state index contributed by atoms with van der Waals surface area (Å²) in [5.41, 5.74) is 3.85. The molecule has 3 rings (SSSR count). The molecule has 2 aromatic carbocycles. The van der Waals surface area contributed by atoms with E-state index in [4.69, 9.17) is 4.74 Å². The van der Waals surface area contributed by atoms with Gasteiger partial charge in [0.25, 0.3) is 0 Å². The number of likely N-dealkylation sites (N-methyl/N-ethyl adjacent to an activating group) is 1. The third-order valence-electron chi connectivity index (χ3n) is 4.45. The molecule has 146 valence electrons. The smallest absolute Gasteiger partial charge is 0.246 e. The van der Waals surface area contributed by atoms with Crippen LogP contribution >= 0.6 is 0 Å². The Morgan fingerprint density at radius 3 is 2.64 bits per heavy atom. The highest BCUT2D eigenvalue weighted by atomic mass is 16.5. The van der Waals surface area contributed by atoms with Crippen LogP contribution in [0, 0.1) is 0 Å². The van der Waals surface area contributed by atoms with E-state index in [2.05, 4.69) is 27.9 Å². The second kappa shape index (κ2) is 9.82. The fraction of sp³-hybridized carbons (Fsp3) is 0.273. The second-order valence-corrected chi connectivity index (χ2v) is 6.65. The van der Waals surface area contributed by atoms with Crippen LogP contribution in [0.15, 0.2) is 67.0 Å². The number of aromatic nitrogens is 2. The maximum Gasteiger partial charge on any atom is 0.246 e. The summed E-state index contributed by atoms with van der Waals surface area (Å²) < 4.78 is 7.47. The highest BCUT2D eigenvalue weighted by Gasteiger charge is 2.20. The number of hydrogen-bond donors (Lipinski definition) is 2. The standard InChI is InChI=1S/C22H26N4O2/c1-23-21(19-14-24-26(2)15-19)22(27)25-20-10-6-9-18(13-20)16-28-12-11-17-7-4-3-5-8-17/h3-10,13-15,21,23H,11-12,16H2,1-2H3,(H,25,27). The highest BCUT2D eigenvalue weighted by Crippen LogP contribution is 2.17. The predicted molar refractivity (Wildman–Crippen MR) is 110 cm³/mol. The third kappa shape index (κ3) is 5.52. The van der Waals surface area contributed by atoms with Gasteiger partial charge in [-0.05, 0) is 36.7 Å². The van der Waals surface area contributed by atoms with E-state index in [1.54, 1.807) is 17.9 Å². The van der Waals surface area contributed by atoms with Crippen molar-refractivity contribution in [2.75, 3.05) is 19.0 Å². The SMILES string of the molecule is CNC(C(=O)Nc1cccc(COCCc2ccccc2)c1)c1cnn(C)c1. The lowest BCUT2D eigenvalue weighted by Crippen LogP contribution is -2.30. The van der Waals surface area contributed by atoms with E-state index in [-0.39, 0.29) is 5.91 Å². The van der Waals surface area contributed by atoms with Crippen LogP contribution in [0.5, 0.6) is 0 Å². The van der Waals surface area contributed by atoms with E-state index in [0.29, 0.717) is 13.2 Å². The Labute approximate surface area is 165 Å². The molecular weight excluding hydrogens is 352 g/mol. The van der Waals surface area contributed by atoms with Gasteiger partial charge in [-0.3, -0.25) is 9.48 Å². The van der Waals surface area contributed by atoms with Crippen molar-refractivity contribution in [2.45, 2.75) is 19.1 Å². The molecular formula is C22H26N4O2. The summed E-state index contributed by atoms with van der Waals surface area (Å²) in [4.78, 5) is 12.6. The number of amides is 1. The number of aryl methyl sites for hydroxylation is 1. The van der Waals surface area contributed by atoms with Gasteiger partial charge < -0.3 is 15.4 Å². The van der Waals surface area contributed by atoms with Crippen LogP contribution in [0.2, 0.25) is 0 Å². The molecule has 6 nitrogen and oxygen atoms in total. The minimum Gasteiger partial charge on any atom is -0.376 e. The summed E-state index contributed by atoms with van der Waals surface area (Å²) in [6, 6.07) is 17.5. The number of carbonyl (C=O) groups is 1. The number of nitrogens with one attached hydrogen (secondary N) is 2. The van der Waals surface area contributed by atoms with Crippen molar-refractivity contribution in [3.63, 3.8) is 0 Å². The first-order valence-electron chi connectivity index (χ1n) is 9.33. The average Bonchev–Trinajstić information content (AvgIpc) is 3.13. The van der Waals surface area contributed by atoms with Crippen LogP contribution in [0.25, 0.3) is 0 Å². The first-order chi connectivity index (χ1) is 13.7. The van der Waals surface area contributed by atoms with Crippen molar-refractivity contribution in [2.24, 2.45) is 7.05 Å². The van der Waals surface area contributed by atoms with Crippen LogP contribution < -0.4 is 10.6 Å². The largest absolute Gasteiger partial charge is 0.376 e. The van der Waals surface area contributed by atoms with Crippen LogP contribution in [0.4, 0.5) is 5.69 Å². The van der Waals surface area contributed by atoms with Gasteiger partial charge >= 0.3 is 0 Å². The Bertz CT molecular complexity index is 892. The molecule has 0 saturated heterocycles. The molecule has 0 saturated carbocycles.